The van der Waals surface area contributed by atoms with E-state index in [-0.39, 0.29) is 17.5 Å². The summed E-state index contributed by atoms with van der Waals surface area (Å²) in [5.41, 5.74) is 0.247. The summed E-state index contributed by atoms with van der Waals surface area (Å²) >= 11 is 3.19. The fourth-order valence-corrected chi connectivity index (χ4v) is 2.54. The first-order valence-electron chi connectivity index (χ1n) is 6.00. The van der Waals surface area contributed by atoms with Crippen LogP contribution in [0.15, 0.2) is 22.7 Å². The minimum absolute atomic E-state index is 0.0493. The molecule has 1 N–H and O–H groups in total. The summed E-state index contributed by atoms with van der Waals surface area (Å²) in [4.78, 5) is 14.2. The molecule has 18 heavy (non-hydrogen) atoms. The van der Waals surface area contributed by atoms with Crippen molar-refractivity contribution in [3.8, 4) is 0 Å². The van der Waals surface area contributed by atoms with Crippen LogP contribution in [-0.4, -0.2) is 30.9 Å². The van der Waals surface area contributed by atoms with Gasteiger partial charge in [-0.05, 0) is 44.6 Å². The Morgan fingerprint density at radius 1 is 1.56 bits per heavy atom. The Morgan fingerprint density at radius 3 is 3.00 bits per heavy atom. The molecule has 0 bridgehead atoms. The molecule has 1 aromatic carbocycles. The lowest BCUT2D eigenvalue weighted by atomic mass is 9.97. The van der Waals surface area contributed by atoms with Crippen LogP contribution in [0, 0.1) is 11.7 Å². The molecule has 0 aromatic heterocycles. The first-order valence-corrected chi connectivity index (χ1v) is 6.80. The molecule has 1 saturated heterocycles. The molecular weight excluding hydrogens is 299 g/mol. The van der Waals surface area contributed by atoms with Gasteiger partial charge in [0.1, 0.15) is 5.82 Å². The zero-order valence-electron chi connectivity index (χ0n) is 10.2. The predicted octanol–water partition coefficient (Wildman–Crippen LogP) is 2.87. The van der Waals surface area contributed by atoms with Crippen LogP contribution in [0.1, 0.15) is 12.8 Å². The summed E-state index contributed by atoms with van der Waals surface area (Å²) in [5, 5.41) is 2.67. The number of anilines is 1. The lowest BCUT2D eigenvalue weighted by Crippen LogP contribution is -2.38. The Bertz CT molecular complexity index is 453. The van der Waals surface area contributed by atoms with Crippen molar-refractivity contribution < 1.29 is 9.18 Å². The molecule has 0 unspecified atom stereocenters. The fourth-order valence-electron chi connectivity index (χ4n) is 2.21. The van der Waals surface area contributed by atoms with Gasteiger partial charge in [0.15, 0.2) is 0 Å². The van der Waals surface area contributed by atoms with Gasteiger partial charge in [0.25, 0.3) is 0 Å². The van der Waals surface area contributed by atoms with E-state index in [0.717, 1.165) is 25.9 Å². The van der Waals surface area contributed by atoms with Crippen LogP contribution < -0.4 is 5.32 Å². The van der Waals surface area contributed by atoms with Gasteiger partial charge < -0.3 is 10.2 Å². The molecule has 1 fully saturated rings. The van der Waals surface area contributed by atoms with E-state index in [1.807, 2.05) is 7.05 Å². The van der Waals surface area contributed by atoms with E-state index in [1.54, 1.807) is 12.1 Å². The van der Waals surface area contributed by atoms with Crippen LogP contribution in [0.3, 0.4) is 0 Å². The minimum Gasteiger partial charge on any atom is -0.323 e. The van der Waals surface area contributed by atoms with Gasteiger partial charge in [-0.25, -0.2) is 4.39 Å². The second kappa shape index (κ2) is 5.80. The molecule has 1 aromatic rings. The standard InChI is InChI=1S/C13H16BrFN2O/c1-17-6-2-3-9(8-17)13(18)16-12-5-4-10(14)7-11(12)15/h4-5,7,9H,2-3,6,8H2,1H3,(H,16,18)/t9-/m1/s1. The van der Waals surface area contributed by atoms with Gasteiger partial charge in [0.05, 0.1) is 11.6 Å². The van der Waals surface area contributed by atoms with Gasteiger partial charge in [0.2, 0.25) is 5.91 Å². The van der Waals surface area contributed by atoms with Crippen molar-refractivity contribution in [3.63, 3.8) is 0 Å². The summed E-state index contributed by atoms with van der Waals surface area (Å²) in [6.07, 6.45) is 1.88. The maximum atomic E-state index is 13.6. The summed E-state index contributed by atoms with van der Waals surface area (Å²) in [6, 6.07) is 4.64. The SMILES string of the molecule is CN1CCC[C@@H](C(=O)Nc2ccc(Br)cc2F)C1. The maximum Gasteiger partial charge on any atom is 0.228 e. The summed E-state index contributed by atoms with van der Waals surface area (Å²) in [5.74, 6) is -0.559. The largest absolute Gasteiger partial charge is 0.323 e. The number of hydrogen-bond acceptors (Lipinski definition) is 2. The van der Waals surface area contributed by atoms with Gasteiger partial charge in [0, 0.05) is 11.0 Å². The highest BCUT2D eigenvalue weighted by Gasteiger charge is 2.24. The van der Waals surface area contributed by atoms with E-state index in [9.17, 15) is 9.18 Å². The Balaban J connectivity index is 2.02. The number of likely N-dealkylation sites (tertiary alicyclic amines) is 1. The molecule has 5 heteroatoms. The molecule has 0 aliphatic carbocycles. The monoisotopic (exact) mass is 314 g/mol. The third-order valence-corrected chi connectivity index (χ3v) is 3.68. The van der Waals surface area contributed by atoms with Gasteiger partial charge >= 0.3 is 0 Å². The average molecular weight is 315 g/mol. The van der Waals surface area contributed by atoms with Crippen molar-refractivity contribution in [2.24, 2.45) is 5.92 Å². The molecule has 1 aliphatic rings. The highest BCUT2D eigenvalue weighted by atomic mass is 79.9. The van der Waals surface area contributed by atoms with Crippen LogP contribution in [0.5, 0.6) is 0 Å². The molecule has 3 nitrogen and oxygen atoms in total. The molecule has 0 radical (unpaired) electrons. The molecule has 1 amide bonds. The number of carbonyl (C=O) groups is 1. The van der Waals surface area contributed by atoms with Crippen molar-refractivity contribution in [3.05, 3.63) is 28.5 Å². The summed E-state index contributed by atoms with van der Waals surface area (Å²) < 4.78 is 14.3. The Labute approximate surface area is 114 Å². The van der Waals surface area contributed by atoms with Gasteiger partial charge in [-0.2, -0.15) is 0 Å². The normalized spacial score (nSPS) is 20.7. The zero-order valence-corrected chi connectivity index (χ0v) is 11.8. The van der Waals surface area contributed by atoms with Crippen molar-refractivity contribution in [1.82, 2.24) is 4.90 Å². The number of benzene rings is 1. The lowest BCUT2D eigenvalue weighted by Gasteiger charge is -2.28. The van der Waals surface area contributed by atoms with Gasteiger partial charge in [-0.3, -0.25) is 4.79 Å². The number of nitrogens with one attached hydrogen (secondary N) is 1. The van der Waals surface area contributed by atoms with Crippen LogP contribution in [0.4, 0.5) is 10.1 Å². The van der Waals surface area contributed by atoms with Crippen molar-refractivity contribution >= 4 is 27.5 Å². The molecule has 2 rings (SSSR count). The molecule has 0 saturated carbocycles. The number of nitrogens with zero attached hydrogens (tertiary/aromatic N) is 1. The third kappa shape index (κ3) is 3.29. The maximum absolute atomic E-state index is 13.6. The number of rotatable bonds is 2. The van der Waals surface area contributed by atoms with E-state index in [0.29, 0.717) is 4.47 Å². The predicted molar refractivity (Wildman–Crippen MR) is 73.0 cm³/mol. The first kappa shape index (κ1) is 13.5. The molecule has 1 aliphatic heterocycles. The smallest absolute Gasteiger partial charge is 0.228 e. The lowest BCUT2D eigenvalue weighted by molar-refractivity contribution is -0.121. The van der Waals surface area contributed by atoms with E-state index in [1.165, 1.54) is 6.07 Å². The van der Waals surface area contributed by atoms with Crippen molar-refractivity contribution in [2.45, 2.75) is 12.8 Å². The van der Waals surface area contributed by atoms with E-state index >= 15 is 0 Å². The summed E-state index contributed by atoms with van der Waals surface area (Å²) in [6.45, 7) is 1.76. The highest BCUT2D eigenvalue weighted by Crippen LogP contribution is 2.22. The van der Waals surface area contributed by atoms with Crippen molar-refractivity contribution in [2.75, 3.05) is 25.5 Å². The molecular formula is C13H16BrFN2O. The summed E-state index contributed by atoms with van der Waals surface area (Å²) in [7, 11) is 2.00. The Kier molecular flexibility index (Phi) is 4.35. The average Bonchev–Trinajstić information content (AvgIpc) is 2.32. The number of piperidine rings is 1. The number of hydrogen-bond donors (Lipinski definition) is 1. The molecule has 1 atom stereocenters. The second-order valence-electron chi connectivity index (χ2n) is 4.71. The first-order chi connectivity index (χ1) is 8.56. The topological polar surface area (TPSA) is 32.3 Å². The van der Waals surface area contributed by atoms with E-state index in [4.69, 9.17) is 0 Å². The quantitative estimate of drug-likeness (QED) is 0.910. The third-order valence-electron chi connectivity index (χ3n) is 3.18. The number of halogens is 2. The highest BCUT2D eigenvalue weighted by molar-refractivity contribution is 9.10. The van der Waals surface area contributed by atoms with E-state index in [2.05, 4.69) is 26.1 Å². The Morgan fingerprint density at radius 2 is 2.33 bits per heavy atom. The van der Waals surface area contributed by atoms with Crippen LogP contribution in [0.25, 0.3) is 0 Å². The van der Waals surface area contributed by atoms with Gasteiger partial charge in [-0.15, -0.1) is 0 Å². The molecule has 98 valence electrons. The molecule has 0 spiro atoms. The number of amides is 1. The zero-order chi connectivity index (χ0) is 13.1. The van der Waals surface area contributed by atoms with Crippen molar-refractivity contribution in [1.29, 1.82) is 0 Å². The fraction of sp³-hybridized carbons (Fsp3) is 0.462. The van der Waals surface area contributed by atoms with E-state index < -0.39 is 5.82 Å². The van der Waals surface area contributed by atoms with Crippen LogP contribution in [0.2, 0.25) is 0 Å². The minimum atomic E-state index is -0.415. The second-order valence-corrected chi connectivity index (χ2v) is 5.63. The van der Waals surface area contributed by atoms with Crippen LogP contribution >= 0.6 is 15.9 Å². The van der Waals surface area contributed by atoms with Crippen LogP contribution in [-0.2, 0) is 4.79 Å². The Hall–Kier alpha value is -0.940. The number of carbonyl (C=O) groups excluding carboxylic acids is 1. The van der Waals surface area contributed by atoms with Gasteiger partial charge in [-0.1, -0.05) is 15.9 Å². The molecule has 1 heterocycles.